The first-order chi connectivity index (χ1) is 7.17. The Kier molecular flexibility index (Phi) is 2.31. The van der Waals surface area contributed by atoms with Crippen molar-refractivity contribution in [1.29, 1.82) is 0 Å². The molecule has 1 fully saturated rings. The van der Waals surface area contributed by atoms with Crippen LogP contribution in [0, 0.1) is 0 Å². The molecule has 1 saturated carbocycles. The second kappa shape index (κ2) is 3.50. The van der Waals surface area contributed by atoms with Gasteiger partial charge in [-0.15, -0.1) is 0 Å². The molecule has 0 heterocycles. The molecular formula is C12H12O3. The van der Waals surface area contributed by atoms with Crippen LogP contribution in [-0.2, 0) is 15.0 Å². The van der Waals surface area contributed by atoms with Crippen molar-refractivity contribution in [3.8, 4) is 0 Å². The van der Waals surface area contributed by atoms with E-state index in [1.165, 1.54) is 0 Å². The fraction of sp³-hybridized carbons (Fsp3) is 0.333. The highest BCUT2D eigenvalue weighted by Crippen LogP contribution is 2.44. The summed E-state index contributed by atoms with van der Waals surface area (Å²) >= 11 is 0. The average Bonchev–Trinajstić information content (AvgIpc) is 2.17. The van der Waals surface area contributed by atoms with Crippen molar-refractivity contribution in [2.75, 3.05) is 0 Å². The lowest BCUT2D eigenvalue weighted by molar-refractivity contribution is -0.153. The minimum absolute atomic E-state index is 0.655. The maximum atomic E-state index is 11.6. The van der Waals surface area contributed by atoms with E-state index >= 15 is 0 Å². The molecular weight excluding hydrogens is 192 g/mol. The normalized spacial score (nSPS) is 17.9. The van der Waals surface area contributed by atoms with Gasteiger partial charge in [-0.25, -0.2) is 4.79 Å². The van der Waals surface area contributed by atoms with Gasteiger partial charge in [0.05, 0.1) is 5.41 Å². The molecule has 3 heteroatoms. The van der Waals surface area contributed by atoms with Gasteiger partial charge in [-0.05, 0) is 18.4 Å². The van der Waals surface area contributed by atoms with Gasteiger partial charge in [0.2, 0.25) is 5.78 Å². The van der Waals surface area contributed by atoms with E-state index in [1.54, 1.807) is 0 Å². The third-order valence-electron chi connectivity index (χ3n) is 3.16. The molecule has 0 aromatic heterocycles. The molecule has 78 valence electrons. The summed E-state index contributed by atoms with van der Waals surface area (Å²) in [5.74, 6) is -1.99. The Balaban J connectivity index is 2.39. The fourth-order valence-electron chi connectivity index (χ4n) is 2.14. The summed E-state index contributed by atoms with van der Waals surface area (Å²) in [4.78, 5) is 22.4. The number of hydrogen-bond acceptors (Lipinski definition) is 2. The van der Waals surface area contributed by atoms with Crippen LogP contribution in [0.25, 0.3) is 0 Å². The van der Waals surface area contributed by atoms with Gasteiger partial charge in [0, 0.05) is 0 Å². The van der Waals surface area contributed by atoms with E-state index in [4.69, 9.17) is 5.11 Å². The lowest BCUT2D eigenvalue weighted by Crippen LogP contribution is -2.46. The molecule has 15 heavy (non-hydrogen) atoms. The standard InChI is InChI=1S/C12H12O3/c13-10(11(14)15)12(7-4-8-12)9-5-2-1-3-6-9/h1-3,5-6H,4,7-8H2,(H,14,15). The number of carboxylic acids is 1. The minimum atomic E-state index is -1.32. The smallest absolute Gasteiger partial charge is 0.373 e. The Labute approximate surface area is 87.7 Å². The summed E-state index contributed by atoms with van der Waals surface area (Å²) in [6.07, 6.45) is 2.23. The number of carboxylic acid groups (broad SMARTS) is 1. The van der Waals surface area contributed by atoms with Gasteiger partial charge in [0.1, 0.15) is 0 Å². The van der Waals surface area contributed by atoms with Crippen molar-refractivity contribution < 1.29 is 14.7 Å². The van der Waals surface area contributed by atoms with Gasteiger partial charge in [0.15, 0.2) is 0 Å². The molecule has 1 N–H and O–H groups in total. The van der Waals surface area contributed by atoms with Gasteiger partial charge in [-0.1, -0.05) is 36.8 Å². The third-order valence-corrected chi connectivity index (χ3v) is 3.16. The van der Waals surface area contributed by atoms with Crippen LogP contribution in [0.5, 0.6) is 0 Å². The molecule has 0 unspecified atom stereocenters. The Hall–Kier alpha value is -1.64. The lowest BCUT2D eigenvalue weighted by atomic mass is 9.62. The summed E-state index contributed by atoms with van der Waals surface area (Å²) in [7, 11) is 0. The molecule has 0 aliphatic heterocycles. The number of aliphatic carboxylic acids is 1. The maximum absolute atomic E-state index is 11.6. The first-order valence-electron chi connectivity index (χ1n) is 5.00. The number of Topliss-reactive ketones (excluding diaryl/α,β-unsaturated/α-hetero) is 1. The lowest BCUT2D eigenvalue weighted by Gasteiger charge is -2.39. The fourth-order valence-corrected chi connectivity index (χ4v) is 2.14. The van der Waals surface area contributed by atoms with Crippen molar-refractivity contribution >= 4 is 11.8 Å². The van der Waals surface area contributed by atoms with Crippen LogP contribution in [0.1, 0.15) is 24.8 Å². The average molecular weight is 204 g/mol. The van der Waals surface area contributed by atoms with Crippen molar-refractivity contribution in [2.45, 2.75) is 24.7 Å². The molecule has 0 saturated heterocycles. The highest BCUT2D eigenvalue weighted by molar-refractivity contribution is 6.36. The molecule has 1 aromatic carbocycles. The first-order valence-corrected chi connectivity index (χ1v) is 5.00. The largest absolute Gasteiger partial charge is 0.475 e. The Bertz CT molecular complexity index is 391. The summed E-state index contributed by atoms with van der Waals surface area (Å²) < 4.78 is 0. The second-order valence-corrected chi connectivity index (χ2v) is 3.94. The molecule has 0 amide bonds. The number of rotatable bonds is 3. The van der Waals surface area contributed by atoms with Gasteiger partial charge in [-0.2, -0.15) is 0 Å². The van der Waals surface area contributed by atoms with E-state index < -0.39 is 17.2 Å². The number of ketones is 1. The summed E-state index contributed by atoms with van der Waals surface area (Å²) in [5, 5.41) is 8.79. The number of benzene rings is 1. The molecule has 0 bridgehead atoms. The predicted octanol–water partition coefficient (Wildman–Crippen LogP) is 1.76. The van der Waals surface area contributed by atoms with Crippen molar-refractivity contribution in [3.05, 3.63) is 35.9 Å². The van der Waals surface area contributed by atoms with Crippen molar-refractivity contribution in [3.63, 3.8) is 0 Å². The molecule has 2 rings (SSSR count). The molecule has 1 aliphatic carbocycles. The van der Waals surface area contributed by atoms with Crippen molar-refractivity contribution in [1.82, 2.24) is 0 Å². The number of carbonyl (C=O) groups is 2. The predicted molar refractivity (Wildman–Crippen MR) is 54.6 cm³/mol. The highest BCUT2D eigenvalue weighted by Gasteiger charge is 2.48. The first kappa shape index (κ1) is 9.90. The quantitative estimate of drug-likeness (QED) is 0.763. The maximum Gasteiger partial charge on any atom is 0.373 e. The zero-order chi connectivity index (χ0) is 10.9. The Morgan fingerprint density at radius 1 is 1.13 bits per heavy atom. The Morgan fingerprint density at radius 2 is 1.73 bits per heavy atom. The zero-order valence-electron chi connectivity index (χ0n) is 8.27. The monoisotopic (exact) mass is 204 g/mol. The summed E-state index contributed by atoms with van der Waals surface area (Å²) in [6.45, 7) is 0. The van der Waals surface area contributed by atoms with Crippen LogP contribution in [0.2, 0.25) is 0 Å². The third kappa shape index (κ3) is 1.44. The van der Waals surface area contributed by atoms with Crippen LogP contribution < -0.4 is 0 Å². The molecule has 0 atom stereocenters. The summed E-state index contributed by atoms with van der Waals surface area (Å²) in [6, 6.07) is 9.20. The van der Waals surface area contributed by atoms with Crippen LogP contribution >= 0.6 is 0 Å². The molecule has 0 spiro atoms. The van der Waals surface area contributed by atoms with E-state index in [2.05, 4.69) is 0 Å². The minimum Gasteiger partial charge on any atom is -0.475 e. The molecule has 1 aliphatic rings. The van der Waals surface area contributed by atoms with Gasteiger partial charge >= 0.3 is 5.97 Å². The molecule has 3 nitrogen and oxygen atoms in total. The number of hydrogen-bond donors (Lipinski definition) is 1. The summed E-state index contributed by atoms with van der Waals surface area (Å²) in [5.41, 5.74) is 0.0938. The molecule has 1 aromatic rings. The number of carbonyl (C=O) groups excluding carboxylic acids is 1. The van der Waals surface area contributed by atoms with Gasteiger partial charge in [0.25, 0.3) is 0 Å². The van der Waals surface area contributed by atoms with Gasteiger partial charge < -0.3 is 5.11 Å². The molecule has 0 radical (unpaired) electrons. The second-order valence-electron chi connectivity index (χ2n) is 3.94. The van der Waals surface area contributed by atoms with E-state index in [1.807, 2.05) is 30.3 Å². The van der Waals surface area contributed by atoms with Crippen molar-refractivity contribution in [2.24, 2.45) is 0 Å². The van der Waals surface area contributed by atoms with Crippen LogP contribution in [-0.4, -0.2) is 16.9 Å². The zero-order valence-corrected chi connectivity index (χ0v) is 8.27. The Morgan fingerprint density at radius 3 is 2.13 bits per heavy atom. The van der Waals surface area contributed by atoms with E-state index in [9.17, 15) is 9.59 Å². The van der Waals surface area contributed by atoms with Crippen LogP contribution in [0.3, 0.4) is 0 Å². The van der Waals surface area contributed by atoms with Crippen LogP contribution in [0.4, 0.5) is 0 Å². The van der Waals surface area contributed by atoms with E-state index in [-0.39, 0.29) is 0 Å². The topological polar surface area (TPSA) is 54.4 Å². The van der Waals surface area contributed by atoms with Gasteiger partial charge in [-0.3, -0.25) is 4.79 Å². The van der Waals surface area contributed by atoms with Crippen LogP contribution in [0.15, 0.2) is 30.3 Å². The highest BCUT2D eigenvalue weighted by atomic mass is 16.4. The SMILES string of the molecule is O=C(O)C(=O)C1(c2ccccc2)CCC1. The van der Waals surface area contributed by atoms with E-state index in [0.29, 0.717) is 12.8 Å². The van der Waals surface area contributed by atoms with E-state index in [0.717, 1.165) is 12.0 Å².